The molecule has 3 rings (SSSR count). The summed E-state index contributed by atoms with van der Waals surface area (Å²) >= 11 is 0. The Balaban J connectivity index is 1.58. The van der Waals surface area contributed by atoms with E-state index in [0.29, 0.717) is 6.04 Å². The molecule has 0 N–H and O–H groups in total. The Labute approximate surface area is 121 Å². The van der Waals surface area contributed by atoms with Gasteiger partial charge in [-0.15, -0.1) is 0 Å². The van der Waals surface area contributed by atoms with Crippen LogP contribution in [0.3, 0.4) is 0 Å². The highest BCUT2D eigenvalue weighted by molar-refractivity contribution is 5.17. The second kappa shape index (κ2) is 6.23. The van der Waals surface area contributed by atoms with Crippen LogP contribution in [0.2, 0.25) is 0 Å². The predicted molar refractivity (Wildman–Crippen MR) is 80.4 cm³/mol. The van der Waals surface area contributed by atoms with Crippen molar-refractivity contribution in [3.05, 3.63) is 35.6 Å². The molecule has 1 aromatic carbocycles. The van der Waals surface area contributed by atoms with Gasteiger partial charge in [0.1, 0.15) is 5.82 Å². The van der Waals surface area contributed by atoms with Gasteiger partial charge in [-0.3, -0.25) is 9.80 Å². The molecule has 0 amide bonds. The van der Waals surface area contributed by atoms with Crippen LogP contribution in [0.4, 0.5) is 4.39 Å². The fraction of sp³-hybridized carbons (Fsp3) is 0.647. The zero-order chi connectivity index (χ0) is 13.9. The first-order chi connectivity index (χ1) is 9.74. The van der Waals surface area contributed by atoms with Crippen molar-refractivity contribution in [3.63, 3.8) is 0 Å². The number of halogens is 1. The lowest BCUT2D eigenvalue weighted by Crippen LogP contribution is -2.58. The van der Waals surface area contributed by atoms with Crippen LogP contribution < -0.4 is 0 Å². The zero-order valence-corrected chi connectivity index (χ0v) is 12.4. The molecule has 2 saturated heterocycles. The van der Waals surface area contributed by atoms with Gasteiger partial charge in [-0.05, 0) is 44.4 Å². The van der Waals surface area contributed by atoms with Crippen molar-refractivity contribution in [1.82, 2.24) is 9.80 Å². The van der Waals surface area contributed by atoms with Gasteiger partial charge in [-0.2, -0.15) is 0 Å². The Morgan fingerprint density at radius 3 is 2.90 bits per heavy atom. The molecule has 0 aliphatic carbocycles. The van der Waals surface area contributed by atoms with Crippen molar-refractivity contribution in [2.75, 3.05) is 26.2 Å². The molecule has 2 atom stereocenters. The molecule has 0 aromatic heterocycles. The predicted octanol–water partition coefficient (Wildman–Crippen LogP) is 2.93. The number of rotatable bonds is 3. The Kier molecular flexibility index (Phi) is 4.37. The van der Waals surface area contributed by atoms with E-state index in [9.17, 15) is 4.39 Å². The summed E-state index contributed by atoms with van der Waals surface area (Å²) in [4.78, 5) is 5.21. The summed E-state index contributed by atoms with van der Waals surface area (Å²) in [5.41, 5.74) is 0.853. The molecule has 2 heterocycles. The minimum Gasteiger partial charge on any atom is -0.298 e. The third-order valence-corrected chi connectivity index (χ3v) is 4.94. The molecule has 0 bridgehead atoms. The van der Waals surface area contributed by atoms with E-state index in [1.54, 1.807) is 12.1 Å². The molecule has 1 aromatic rings. The molecular weight excluding hydrogens is 251 g/mol. The molecule has 20 heavy (non-hydrogen) atoms. The van der Waals surface area contributed by atoms with Gasteiger partial charge < -0.3 is 0 Å². The first-order valence-electron chi connectivity index (χ1n) is 7.95. The minimum atomic E-state index is -0.0588. The van der Waals surface area contributed by atoms with Crippen molar-refractivity contribution < 1.29 is 4.39 Å². The Morgan fingerprint density at radius 2 is 2.05 bits per heavy atom. The fourth-order valence-corrected chi connectivity index (χ4v) is 3.69. The molecule has 2 aliphatic heterocycles. The highest BCUT2D eigenvalue weighted by Crippen LogP contribution is 2.24. The third kappa shape index (κ3) is 3.04. The summed E-state index contributed by atoms with van der Waals surface area (Å²) < 4.78 is 13.7. The van der Waals surface area contributed by atoms with Gasteiger partial charge in [0.2, 0.25) is 0 Å². The van der Waals surface area contributed by atoms with Crippen molar-refractivity contribution in [2.45, 2.75) is 44.7 Å². The van der Waals surface area contributed by atoms with E-state index in [1.165, 1.54) is 32.4 Å². The lowest BCUT2D eigenvalue weighted by molar-refractivity contribution is 0.0159. The Hall–Kier alpha value is -0.930. The summed E-state index contributed by atoms with van der Waals surface area (Å²) in [5, 5.41) is 0. The van der Waals surface area contributed by atoms with Crippen molar-refractivity contribution >= 4 is 0 Å². The maximum atomic E-state index is 13.7. The van der Waals surface area contributed by atoms with Crippen LogP contribution in [-0.4, -0.2) is 48.1 Å². The average Bonchev–Trinajstić information content (AvgIpc) is 2.46. The first kappa shape index (κ1) is 14.0. The molecule has 2 fully saturated rings. The molecular formula is C17H25FN2. The van der Waals surface area contributed by atoms with Gasteiger partial charge in [0.05, 0.1) is 0 Å². The van der Waals surface area contributed by atoms with Crippen LogP contribution >= 0.6 is 0 Å². The normalized spacial score (nSPS) is 28.3. The largest absolute Gasteiger partial charge is 0.298 e. The lowest BCUT2D eigenvalue weighted by Gasteiger charge is -2.47. The van der Waals surface area contributed by atoms with Gasteiger partial charge in [0.25, 0.3) is 0 Å². The van der Waals surface area contributed by atoms with Gasteiger partial charge in [-0.25, -0.2) is 4.39 Å². The van der Waals surface area contributed by atoms with Gasteiger partial charge in [-0.1, -0.05) is 24.6 Å². The minimum absolute atomic E-state index is 0.0588. The van der Waals surface area contributed by atoms with Crippen LogP contribution in [0.1, 0.15) is 31.7 Å². The highest BCUT2D eigenvalue weighted by Gasteiger charge is 2.32. The van der Waals surface area contributed by atoms with E-state index in [0.717, 1.165) is 31.1 Å². The van der Waals surface area contributed by atoms with Crippen molar-refractivity contribution in [3.8, 4) is 0 Å². The molecule has 0 saturated carbocycles. The topological polar surface area (TPSA) is 6.48 Å². The van der Waals surface area contributed by atoms with Crippen LogP contribution in [0.5, 0.6) is 0 Å². The van der Waals surface area contributed by atoms with E-state index < -0.39 is 0 Å². The van der Waals surface area contributed by atoms with Crippen LogP contribution in [0, 0.1) is 5.82 Å². The number of piperazine rings is 1. The Morgan fingerprint density at radius 1 is 1.20 bits per heavy atom. The second-order valence-electron chi connectivity index (χ2n) is 6.33. The van der Waals surface area contributed by atoms with E-state index in [-0.39, 0.29) is 5.82 Å². The van der Waals surface area contributed by atoms with E-state index in [2.05, 4.69) is 16.7 Å². The fourth-order valence-electron chi connectivity index (χ4n) is 3.69. The lowest BCUT2D eigenvalue weighted by atomic mass is 9.97. The molecule has 0 radical (unpaired) electrons. The SMILES string of the molecule is CC1CN2CCCCC2CN1CCc1ccccc1F. The molecule has 2 aliphatic rings. The standard InChI is InChI=1S/C17H25FN2/c1-14-12-20-10-5-4-7-16(20)13-19(14)11-9-15-6-2-3-8-17(15)18/h2-3,6,8,14,16H,4-5,7,9-13H2,1H3. The first-order valence-corrected chi connectivity index (χ1v) is 7.95. The summed E-state index contributed by atoms with van der Waals surface area (Å²) in [7, 11) is 0. The molecule has 2 unspecified atom stereocenters. The molecule has 0 spiro atoms. The molecule has 2 nitrogen and oxygen atoms in total. The van der Waals surface area contributed by atoms with E-state index >= 15 is 0 Å². The highest BCUT2D eigenvalue weighted by atomic mass is 19.1. The molecule has 3 heteroatoms. The summed E-state index contributed by atoms with van der Waals surface area (Å²) in [6.45, 7) is 6.91. The van der Waals surface area contributed by atoms with Crippen LogP contribution in [0.25, 0.3) is 0 Å². The van der Waals surface area contributed by atoms with Crippen molar-refractivity contribution in [1.29, 1.82) is 0 Å². The van der Waals surface area contributed by atoms with Gasteiger partial charge in [0, 0.05) is 31.7 Å². The number of benzene rings is 1. The second-order valence-corrected chi connectivity index (χ2v) is 6.33. The monoisotopic (exact) mass is 276 g/mol. The number of piperidine rings is 1. The quantitative estimate of drug-likeness (QED) is 0.837. The van der Waals surface area contributed by atoms with E-state index in [1.807, 2.05) is 12.1 Å². The number of hydrogen-bond acceptors (Lipinski definition) is 2. The Bertz CT molecular complexity index is 448. The van der Waals surface area contributed by atoms with Gasteiger partial charge in [0.15, 0.2) is 0 Å². The summed E-state index contributed by atoms with van der Waals surface area (Å²) in [5.74, 6) is -0.0588. The number of fused-ring (bicyclic) bond motifs is 1. The van der Waals surface area contributed by atoms with E-state index in [4.69, 9.17) is 0 Å². The smallest absolute Gasteiger partial charge is 0.126 e. The average molecular weight is 276 g/mol. The summed E-state index contributed by atoms with van der Waals surface area (Å²) in [6, 6.07) is 8.51. The zero-order valence-electron chi connectivity index (χ0n) is 12.4. The maximum absolute atomic E-state index is 13.7. The third-order valence-electron chi connectivity index (χ3n) is 4.94. The summed E-state index contributed by atoms with van der Waals surface area (Å²) in [6.07, 6.45) is 4.89. The van der Waals surface area contributed by atoms with Crippen LogP contribution in [-0.2, 0) is 6.42 Å². The number of nitrogens with zero attached hydrogens (tertiary/aromatic N) is 2. The maximum Gasteiger partial charge on any atom is 0.126 e. The molecule has 110 valence electrons. The number of hydrogen-bond donors (Lipinski definition) is 0. The van der Waals surface area contributed by atoms with Crippen molar-refractivity contribution in [2.24, 2.45) is 0 Å². The van der Waals surface area contributed by atoms with Gasteiger partial charge >= 0.3 is 0 Å². The van der Waals surface area contributed by atoms with Crippen LogP contribution in [0.15, 0.2) is 24.3 Å².